The monoisotopic (exact) mass is 152 g/mol. The summed E-state index contributed by atoms with van der Waals surface area (Å²) in [6.45, 7) is 0. The third-order valence-electron chi connectivity index (χ3n) is 2.13. The number of aliphatic hydroxyl groups is 1. The summed E-state index contributed by atoms with van der Waals surface area (Å²) in [5.41, 5.74) is 0.403. The van der Waals surface area contributed by atoms with E-state index in [0.717, 1.165) is 12.7 Å². The molecule has 1 heterocycles. The van der Waals surface area contributed by atoms with Gasteiger partial charge in [0, 0.05) is 5.92 Å². The highest BCUT2D eigenvalue weighted by atomic mass is 16.6. The van der Waals surface area contributed by atoms with Crippen LogP contribution in [0.1, 0.15) is 6.42 Å². The second kappa shape index (κ2) is 2.12. The summed E-state index contributed by atoms with van der Waals surface area (Å²) in [7, 11) is 0. The Morgan fingerprint density at radius 1 is 1.73 bits per heavy atom. The summed E-state index contributed by atoms with van der Waals surface area (Å²) in [5.74, 6) is -0.320. The zero-order valence-corrected chi connectivity index (χ0v) is 5.86. The number of rotatable bonds is 0. The first-order chi connectivity index (χ1) is 5.33. The van der Waals surface area contributed by atoms with Crippen LogP contribution in [0.4, 0.5) is 0 Å². The second-order valence-electron chi connectivity index (χ2n) is 2.72. The molecule has 2 aliphatic rings. The molecule has 2 rings (SSSR count). The minimum atomic E-state index is -0.383. The molecule has 0 aromatic rings. The van der Waals surface area contributed by atoms with E-state index in [1.54, 1.807) is 0 Å². The van der Waals surface area contributed by atoms with Crippen molar-refractivity contribution < 1.29 is 14.6 Å². The van der Waals surface area contributed by atoms with Gasteiger partial charge >= 0.3 is 5.97 Å². The van der Waals surface area contributed by atoms with Gasteiger partial charge in [0.2, 0.25) is 0 Å². The molecule has 0 radical (unpaired) electrons. The van der Waals surface area contributed by atoms with Gasteiger partial charge < -0.3 is 9.84 Å². The highest BCUT2D eigenvalue weighted by Gasteiger charge is 2.40. The molecule has 1 aliphatic carbocycles. The van der Waals surface area contributed by atoms with Crippen LogP contribution in [-0.2, 0) is 9.53 Å². The van der Waals surface area contributed by atoms with Crippen molar-refractivity contribution in [1.29, 1.82) is 0 Å². The van der Waals surface area contributed by atoms with E-state index in [1.165, 1.54) is 0 Å². The number of ether oxygens (including phenoxy) is 1. The summed E-state index contributed by atoms with van der Waals surface area (Å²) >= 11 is 0. The number of aliphatic hydroxyl groups excluding tert-OH is 1. The average molecular weight is 152 g/mol. The Kier molecular flexibility index (Phi) is 1.24. The minimum Gasteiger partial charge on any atom is -0.515 e. The van der Waals surface area contributed by atoms with Gasteiger partial charge in [-0.15, -0.1) is 0 Å². The van der Waals surface area contributed by atoms with Crippen molar-refractivity contribution >= 4 is 5.97 Å². The largest absolute Gasteiger partial charge is 0.515 e. The van der Waals surface area contributed by atoms with Crippen molar-refractivity contribution in [1.82, 2.24) is 0 Å². The molecular formula is C8H8O3. The van der Waals surface area contributed by atoms with E-state index in [4.69, 9.17) is 9.84 Å². The Labute approximate surface area is 64.0 Å². The summed E-state index contributed by atoms with van der Waals surface area (Å²) in [6.07, 6.45) is 5.36. The van der Waals surface area contributed by atoms with Crippen molar-refractivity contribution in [2.45, 2.75) is 12.5 Å². The van der Waals surface area contributed by atoms with Gasteiger partial charge in [-0.3, -0.25) is 0 Å². The Balaban J connectivity index is 2.31. The second-order valence-corrected chi connectivity index (χ2v) is 2.72. The fourth-order valence-electron chi connectivity index (χ4n) is 1.54. The molecule has 58 valence electrons. The predicted molar refractivity (Wildman–Crippen MR) is 37.8 cm³/mol. The van der Waals surface area contributed by atoms with Gasteiger partial charge in [-0.1, -0.05) is 6.08 Å². The first-order valence-corrected chi connectivity index (χ1v) is 3.55. The lowest BCUT2D eigenvalue weighted by molar-refractivity contribution is -0.137. The Morgan fingerprint density at radius 2 is 2.55 bits per heavy atom. The van der Waals surface area contributed by atoms with Crippen LogP contribution in [0.15, 0.2) is 24.0 Å². The first-order valence-electron chi connectivity index (χ1n) is 3.55. The van der Waals surface area contributed by atoms with Crippen LogP contribution in [0.2, 0.25) is 0 Å². The van der Waals surface area contributed by atoms with Gasteiger partial charge in [-0.05, 0) is 12.5 Å². The van der Waals surface area contributed by atoms with Gasteiger partial charge in [-0.2, -0.15) is 0 Å². The minimum absolute atomic E-state index is 0.0625. The van der Waals surface area contributed by atoms with Crippen LogP contribution >= 0.6 is 0 Å². The van der Waals surface area contributed by atoms with Gasteiger partial charge in [0.25, 0.3) is 0 Å². The third kappa shape index (κ3) is 0.770. The highest BCUT2D eigenvalue weighted by molar-refractivity contribution is 5.91. The zero-order chi connectivity index (χ0) is 7.84. The van der Waals surface area contributed by atoms with Crippen LogP contribution in [0.25, 0.3) is 0 Å². The number of hydrogen-bond acceptors (Lipinski definition) is 3. The van der Waals surface area contributed by atoms with Gasteiger partial charge in [0.1, 0.15) is 6.10 Å². The summed E-state index contributed by atoms with van der Waals surface area (Å²) in [6, 6.07) is 0. The number of allylic oxidation sites excluding steroid dienone is 1. The van der Waals surface area contributed by atoms with E-state index in [-0.39, 0.29) is 18.0 Å². The smallest absolute Gasteiger partial charge is 0.338 e. The maximum Gasteiger partial charge on any atom is 0.338 e. The van der Waals surface area contributed by atoms with E-state index in [2.05, 4.69) is 0 Å². The molecule has 1 fully saturated rings. The van der Waals surface area contributed by atoms with Gasteiger partial charge in [0.05, 0.1) is 11.8 Å². The van der Waals surface area contributed by atoms with Crippen molar-refractivity contribution in [3.63, 3.8) is 0 Å². The van der Waals surface area contributed by atoms with E-state index in [0.29, 0.717) is 5.57 Å². The standard InChI is InChI=1S/C8H8O3/c9-4-6-5-2-1-3-7(5)11-8(6)10/h1,3-5,7,9H,2H2. The van der Waals surface area contributed by atoms with Crippen LogP contribution in [0.5, 0.6) is 0 Å². The molecule has 2 unspecified atom stereocenters. The molecule has 11 heavy (non-hydrogen) atoms. The normalized spacial score (nSPS) is 37.8. The molecule has 0 spiro atoms. The molecule has 2 atom stereocenters. The Morgan fingerprint density at radius 3 is 3.27 bits per heavy atom. The SMILES string of the molecule is O=C1OC2C=CCC2C1=CO. The van der Waals surface area contributed by atoms with E-state index in [9.17, 15) is 4.79 Å². The van der Waals surface area contributed by atoms with Crippen LogP contribution in [-0.4, -0.2) is 17.2 Å². The van der Waals surface area contributed by atoms with E-state index < -0.39 is 0 Å². The maximum absolute atomic E-state index is 10.9. The fourth-order valence-corrected chi connectivity index (χ4v) is 1.54. The molecule has 0 amide bonds. The van der Waals surface area contributed by atoms with Crippen molar-refractivity contribution in [3.05, 3.63) is 24.0 Å². The molecule has 0 bridgehead atoms. The Bertz CT molecular complexity index is 252. The molecule has 1 N–H and O–H groups in total. The number of carbonyl (C=O) groups is 1. The van der Waals surface area contributed by atoms with Gasteiger partial charge in [0.15, 0.2) is 0 Å². The number of hydrogen-bond donors (Lipinski definition) is 1. The molecular weight excluding hydrogens is 144 g/mol. The molecule has 1 saturated heterocycles. The average Bonchev–Trinajstić information content (AvgIpc) is 2.46. The molecule has 3 heteroatoms. The molecule has 0 saturated carbocycles. The molecule has 0 aromatic heterocycles. The number of fused-ring (bicyclic) bond motifs is 1. The van der Waals surface area contributed by atoms with Gasteiger partial charge in [-0.25, -0.2) is 4.79 Å². The van der Waals surface area contributed by atoms with Crippen molar-refractivity contribution in [2.24, 2.45) is 5.92 Å². The number of esters is 1. The lowest BCUT2D eigenvalue weighted by Crippen LogP contribution is -2.07. The first kappa shape index (κ1) is 6.46. The summed E-state index contributed by atoms with van der Waals surface area (Å²) in [4.78, 5) is 10.9. The molecule has 1 aliphatic heterocycles. The van der Waals surface area contributed by atoms with Crippen molar-refractivity contribution in [2.75, 3.05) is 0 Å². The maximum atomic E-state index is 10.9. The molecule has 0 aromatic carbocycles. The van der Waals surface area contributed by atoms with E-state index >= 15 is 0 Å². The zero-order valence-electron chi connectivity index (χ0n) is 5.86. The lowest BCUT2D eigenvalue weighted by atomic mass is 9.99. The van der Waals surface area contributed by atoms with E-state index in [1.807, 2.05) is 12.2 Å². The Hall–Kier alpha value is -1.25. The van der Waals surface area contributed by atoms with Crippen LogP contribution in [0, 0.1) is 5.92 Å². The fraction of sp³-hybridized carbons (Fsp3) is 0.375. The lowest BCUT2D eigenvalue weighted by Gasteiger charge is -2.03. The summed E-state index contributed by atoms with van der Waals surface area (Å²) < 4.78 is 4.93. The molecule has 3 nitrogen and oxygen atoms in total. The quantitative estimate of drug-likeness (QED) is 0.243. The highest BCUT2D eigenvalue weighted by Crippen LogP contribution is 2.35. The topological polar surface area (TPSA) is 46.5 Å². The van der Waals surface area contributed by atoms with Crippen LogP contribution < -0.4 is 0 Å². The number of carbonyl (C=O) groups excluding carboxylic acids is 1. The predicted octanol–water partition coefficient (Wildman–Crippen LogP) is 0.930. The summed E-state index contributed by atoms with van der Waals surface area (Å²) in [5, 5.41) is 8.69. The van der Waals surface area contributed by atoms with Crippen molar-refractivity contribution in [3.8, 4) is 0 Å². The van der Waals surface area contributed by atoms with Crippen LogP contribution in [0.3, 0.4) is 0 Å². The third-order valence-corrected chi connectivity index (χ3v) is 2.13.